The number of hydrogen-bond acceptors (Lipinski definition) is 3. The summed E-state index contributed by atoms with van der Waals surface area (Å²) in [6.45, 7) is 7.16. The van der Waals surface area contributed by atoms with Crippen molar-refractivity contribution >= 4 is 23.0 Å². The standard InChI is InChI=1S/C18H23ClN2O/c1-4-21(5-2)16-9-6-14(7-10-16)13-20-15-8-11-18(22-3)17(19)12-15/h6-12,20H,4-5,13H2,1-3H3. The third-order valence-electron chi connectivity index (χ3n) is 3.71. The largest absolute Gasteiger partial charge is 0.495 e. The predicted octanol–water partition coefficient (Wildman–Crippen LogP) is 4.81. The van der Waals surface area contributed by atoms with Crippen molar-refractivity contribution in [2.45, 2.75) is 20.4 Å². The van der Waals surface area contributed by atoms with Crippen LogP contribution in [0, 0.1) is 0 Å². The van der Waals surface area contributed by atoms with E-state index in [-0.39, 0.29) is 0 Å². The number of ether oxygens (including phenoxy) is 1. The zero-order chi connectivity index (χ0) is 15.9. The van der Waals surface area contributed by atoms with E-state index in [1.54, 1.807) is 7.11 Å². The Balaban J connectivity index is 1.98. The van der Waals surface area contributed by atoms with Gasteiger partial charge in [0.2, 0.25) is 0 Å². The van der Waals surface area contributed by atoms with Gasteiger partial charge in [0.15, 0.2) is 0 Å². The summed E-state index contributed by atoms with van der Waals surface area (Å²) in [6, 6.07) is 14.4. The van der Waals surface area contributed by atoms with E-state index in [2.05, 4.69) is 48.3 Å². The Morgan fingerprint density at radius 2 is 1.73 bits per heavy atom. The molecule has 1 N–H and O–H groups in total. The predicted molar refractivity (Wildman–Crippen MR) is 95.3 cm³/mol. The number of benzene rings is 2. The van der Waals surface area contributed by atoms with Crippen LogP contribution in [-0.2, 0) is 6.54 Å². The SMILES string of the molecule is CCN(CC)c1ccc(CNc2ccc(OC)c(Cl)c2)cc1. The molecule has 2 aromatic rings. The van der Waals surface area contributed by atoms with Gasteiger partial charge in [0.25, 0.3) is 0 Å². The molecule has 0 aromatic heterocycles. The molecule has 4 heteroatoms. The molecular weight excluding hydrogens is 296 g/mol. The Labute approximate surface area is 137 Å². The van der Waals surface area contributed by atoms with Crippen LogP contribution >= 0.6 is 11.6 Å². The fourth-order valence-electron chi connectivity index (χ4n) is 2.39. The molecule has 22 heavy (non-hydrogen) atoms. The van der Waals surface area contributed by atoms with Crippen molar-refractivity contribution in [3.63, 3.8) is 0 Å². The molecule has 0 unspecified atom stereocenters. The van der Waals surface area contributed by atoms with Crippen LogP contribution in [0.3, 0.4) is 0 Å². The Morgan fingerprint density at radius 1 is 1.05 bits per heavy atom. The topological polar surface area (TPSA) is 24.5 Å². The van der Waals surface area contributed by atoms with E-state index < -0.39 is 0 Å². The summed E-state index contributed by atoms with van der Waals surface area (Å²) in [4.78, 5) is 2.33. The van der Waals surface area contributed by atoms with E-state index in [0.717, 1.165) is 25.3 Å². The van der Waals surface area contributed by atoms with Gasteiger partial charge < -0.3 is 15.0 Å². The highest BCUT2D eigenvalue weighted by Gasteiger charge is 2.03. The molecule has 0 bridgehead atoms. The van der Waals surface area contributed by atoms with Crippen molar-refractivity contribution in [2.75, 3.05) is 30.4 Å². The Hall–Kier alpha value is -1.87. The van der Waals surface area contributed by atoms with Crippen molar-refractivity contribution < 1.29 is 4.74 Å². The summed E-state index contributed by atoms with van der Waals surface area (Å²) in [5.74, 6) is 0.691. The van der Waals surface area contributed by atoms with Gasteiger partial charge in [-0.2, -0.15) is 0 Å². The Kier molecular flexibility index (Phi) is 5.96. The van der Waals surface area contributed by atoms with Gasteiger partial charge in [-0.15, -0.1) is 0 Å². The van der Waals surface area contributed by atoms with Gasteiger partial charge in [0.1, 0.15) is 5.75 Å². The molecule has 0 amide bonds. The third-order valence-corrected chi connectivity index (χ3v) is 4.01. The second-order valence-electron chi connectivity index (χ2n) is 5.04. The molecule has 3 nitrogen and oxygen atoms in total. The zero-order valence-corrected chi connectivity index (χ0v) is 14.2. The molecule has 118 valence electrons. The van der Waals surface area contributed by atoms with E-state index in [4.69, 9.17) is 16.3 Å². The minimum absolute atomic E-state index is 0.615. The van der Waals surface area contributed by atoms with E-state index in [0.29, 0.717) is 10.8 Å². The van der Waals surface area contributed by atoms with Gasteiger partial charge in [-0.1, -0.05) is 23.7 Å². The van der Waals surface area contributed by atoms with Gasteiger partial charge in [-0.3, -0.25) is 0 Å². The molecule has 0 aliphatic carbocycles. The first-order valence-electron chi connectivity index (χ1n) is 7.59. The summed E-state index contributed by atoms with van der Waals surface area (Å²) in [5, 5.41) is 3.99. The van der Waals surface area contributed by atoms with Crippen molar-refractivity contribution in [1.82, 2.24) is 0 Å². The first kappa shape index (κ1) is 16.5. The molecule has 0 fully saturated rings. The fraction of sp³-hybridized carbons (Fsp3) is 0.333. The maximum atomic E-state index is 6.13. The lowest BCUT2D eigenvalue weighted by atomic mass is 10.2. The van der Waals surface area contributed by atoms with E-state index in [9.17, 15) is 0 Å². The quantitative estimate of drug-likeness (QED) is 0.793. The van der Waals surface area contributed by atoms with E-state index in [1.165, 1.54) is 11.3 Å². The number of hydrogen-bond donors (Lipinski definition) is 1. The van der Waals surface area contributed by atoms with E-state index >= 15 is 0 Å². The highest BCUT2D eigenvalue weighted by Crippen LogP contribution is 2.27. The van der Waals surface area contributed by atoms with Gasteiger partial charge in [-0.25, -0.2) is 0 Å². The van der Waals surface area contributed by atoms with Crippen LogP contribution in [0.5, 0.6) is 5.75 Å². The second kappa shape index (κ2) is 7.95. The minimum Gasteiger partial charge on any atom is -0.495 e. The Morgan fingerprint density at radius 3 is 2.27 bits per heavy atom. The fourth-order valence-corrected chi connectivity index (χ4v) is 2.65. The first-order valence-corrected chi connectivity index (χ1v) is 7.97. The van der Waals surface area contributed by atoms with Crippen LogP contribution in [0.15, 0.2) is 42.5 Å². The average Bonchev–Trinajstić information content (AvgIpc) is 2.55. The Bertz CT molecular complexity index is 595. The third kappa shape index (κ3) is 4.08. The lowest BCUT2D eigenvalue weighted by molar-refractivity contribution is 0.415. The smallest absolute Gasteiger partial charge is 0.137 e. The van der Waals surface area contributed by atoms with Crippen molar-refractivity contribution in [2.24, 2.45) is 0 Å². The summed E-state index contributed by atoms with van der Waals surface area (Å²) in [5.41, 5.74) is 3.49. The molecule has 0 aliphatic rings. The molecule has 2 aromatic carbocycles. The molecule has 0 atom stereocenters. The average molecular weight is 319 g/mol. The lowest BCUT2D eigenvalue weighted by Crippen LogP contribution is -2.21. The van der Waals surface area contributed by atoms with E-state index in [1.807, 2.05) is 18.2 Å². The number of nitrogens with one attached hydrogen (secondary N) is 1. The van der Waals surface area contributed by atoms with Crippen molar-refractivity contribution in [3.8, 4) is 5.75 Å². The van der Waals surface area contributed by atoms with Gasteiger partial charge in [-0.05, 0) is 49.7 Å². The number of nitrogens with zero attached hydrogens (tertiary/aromatic N) is 1. The van der Waals surface area contributed by atoms with Crippen molar-refractivity contribution in [1.29, 1.82) is 0 Å². The van der Waals surface area contributed by atoms with Crippen molar-refractivity contribution in [3.05, 3.63) is 53.1 Å². The zero-order valence-electron chi connectivity index (χ0n) is 13.4. The van der Waals surface area contributed by atoms with Crippen LogP contribution < -0.4 is 15.0 Å². The number of anilines is 2. The monoisotopic (exact) mass is 318 g/mol. The first-order chi connectivity index (χ1) is 10.7. The minimum atomic E-state index is 0.615. The number of halogens is 1. The molecule has 0 saturated heterocycles. The number of rotatable bonds is 7. The lowest BCUT2D eigenvalue weighted by Gasteiger charge is -2.21. The summed E-state index contributed by atoms with van der Waals surface area (Å²) in [7, 11) is 1.62. The summed E-state index contributed by atoms with van der Waals surface area (Å²) >= 11 is 6.13. The normalized spacial score (nSPS) is 10.4. The molecule has 0 aliphatic heterocycles. The van der Waals surface area contributed by atoms with Crippen LogP contribution in [0.1, 0.15) is 19.4 Å². The molecule has 2 rings (SSSR count). The van der Waals surface area contributed by atoms with Crippen LogP contribution in [0.2, 0.25) is 5.02 Å². The molecule has 0 spiro atoms. The van der Waals surface area contributed by atoms with Crippen LogP contribution in [0.4, 0.5) is 11.4 Å². The highest BCUT2D eigenvalue weighted by molar-refractivity contribution is 6.32. The second-order valence-corrected chi connectivity index (χ2v) is 5.45. The molecular formula is C18H23ClN2O. The summed E-state index contributed by atoms with van der Waals surface area (Å²) in [6.07, 6.45) is 0. The summed E-state index contributed by atoms with van der Waals surface area (Å²) < 4.78 is 5.16. The maximum absolute atomic E-state index is 6.13. The molecule has 0 heterocycles. The van der Waals surface area contributed by atoms with Crippen LogP contribution in [0.25, 0.3) is 0 Å². The van der Waals surface area contributed by atoms with Crippen LogP contribution in [-0.4, -0.2) is 20.2 Å². The molecule has 0 saturated carbocycles. The van der Waals surface area contributed by atoms with Gasteiger partial charge in [0, 0.05) is 31.0 Å². The van der Waals surface area contributed by atoms with Gasteiger partial charge in [0.05, 0.1) is 12.1 Å². The highest BCUT2D eigenvalue weighted by atomic mass is 35.5. The molecule has 0 radical (unpaired) electrons. The number of methoxy groups -OCH3 is 1. The van der Waals surface area contributed by atoms with Gasteiger partial charge >= 0.3 is 0 Å². The maximum Gasteiger partial charge on any atom is 0.137 e.